The molecule has 3 N–H and O–H groups in total. The van der Waals surface area contributed by atoms with Crippen LogP contribution in [0.5, 0.6) is 0 Å². The summed E-state index contributed by atoms with van der Waals surface area (Å²) in [6, 6.07) is 2.46. The topological polar surface area (TPSA) is 60.5 Å². The normalized spacial score (nSPS) is 17.5. The van der Waals surface area contributed by atoms with Gasteiger partial charge < -0.3 is 5.73 Å². The number of rotatable bonds is 2. The lowest BCUT2D eigenvalue weighted by Gasteiger charge is -2.25. The lowest BCUT2D eigenvalue weighted by atomic mass is 9.96. The van der Waals surface area contributed by atoms with E-state index < -0.39 is 11.7 Å². The van der Waals surface area contributed by atoms with Crippen molar-refractivity contribution in [1.29, 1.82) is 0 Å². The van der Waals surface area contributed by atoms with E-state index in [0.717, 1.165) is 12.3 Å². The molecule has 1 fully saturated rings. The number of nitrogens with two attached hydrogens (primary N) is 1. The van der Waals surface area contributed by atoms with Crippen LogP contribution in [-0.2, 0) is 11.0 Å². The van der Waals surface area contributed by atoms with E-state index in [-0.39, 0.29) is 11.8 Å². The van der Waals surface area contributed by atoms with Crippen LogP contribution in [0, 0.1) is 5.92 Å². The minimum Gasteiger partial charge on any atom is -0.369 e. The number of piperidine rings is 1. The molecule has 1 aliphatic rings. The molecule has 7 heteroatoms. The van der Waals surface area contributed by atoms with Crippen molar-refractivity contribution in [2.24, 2.45) is 11.7 Å². The van der Waals surface area contributed by atoms with Crippen molar-refractivity contribution in [3.05, 3.63) is 23.9 Å². The van der Waals surface area contributed by atoms with Crippen LogP contribution in [0.1, 0.15) is 18.4 Å². The first-order valence-corrected chi connectivity index (χ1v) is 6.01. The van der Waals surface area contributed by atoms with Crippen LogP contribution in [-0.4, -0.2) is 19.0 Å². The average molecular weight is 274 g/mol. The number of primary amides is 1. The number of alkyl halides is 3. The Morgan fingerprint density at radius 3 is 2.37 bits per heavy atom. The van der Waals surface area contributed by atoms with Gasteiger partial charge in [0.15, 0.2) is 0 Å². The molecule has 19 heavy (non-hydrogen) atoms. The molecule has 1 aromatic heterocycles. The number of nitrogens with one attached hydrogen (secondary N) is 1. The number of aromatic nitrogens is 1. The van der Waals surface area contributed by atoms with E-state index in [9.17, 15) is 18.0 Å². The number of anilines is 1. The predicted molar refractivity (Wildman–Crippen MR) is 62.1 cm³/mol. The molecule has 1 aliphatic heterocycles. The van der Waals surface area contributed by atoms with Crippen LogP contribution >= 0.6 is 0 Å². The Morgan fingerprint density at radius 1 is 1.32 bits per heavy atom. The zero-order valence-electron chi connectivity index (χ0n) is 10.2. The lowest BCUT2D eigenvalue weighted by molar-refractivity contribution is -0.367. The summed E-state index contributed by atoms with van der Waals surface area (Å²) in [7, 11) is 0. The highest BCUT2D eigenvalue weighted by molar-refractivity contribution is 5.76. The average Bonchev–Trinajstić information content (AvgIpc) is 2.38. The van der Waals surface area contributed by atoms with Gasteiger partial charge in [-0.1, -0.05) is 0 Å². The second kappa shape index (κ2) is 5.07. The molecule has 0 aliphatic carbocycles. The van der Waals surface area contributed by atoms with Crippen LogP contribution < -0.4 is 15.6 Å². The SMILES string of the molecule is NC(=O)C1CCN(c2ccc(C(F)(F)F)c[nH+]2)CC1. The van der Waals surface area contributed by atoms with Crippen LogP contribution in [0.3, 0.4) is 0 Å². The fourth-order valence-corrected chi connectivity index (χ4v) is 2.19. The summed E-state index contributed by atoms with van der Waals surface area (Å²) in [5.41, 5.74) is 4.52. The van der Waals surface area contributed by atoms with Crippen molar-refractivity contribution in [1.82, 2.24) is 0 Å². The highest BCUT2D eigenvalue weighted by Gasteiger charge is 2.33. The summed E-state index contributed by atoms with van der Waals surface area (Å²) >= 11 is 0. The fraction of sp³-hybridized carbons (Fsp3) is 0.500. The third kappa shape index (κ3) is 3.15. The molecule has 0 atom stereocenters. The molecule has 1 amide bonds. The molecule has 0 unspecified atom stereocenters. The summed E-state index contributed by atoms with van der Waals surface area (Å²) in [5, 5.41) is 0. The minimum atomic E-state index is -4.34. The van der Waals surface area contributed by atoms with Crippen molar-refractivity contribution in [3.8, 4) is 0 Å². The lowest BCUT2D eigenvalue weighted by Crippen LogP contribution is -2.40. The molecule has 0 radical (unpaired) electrons. The van der Waals surface area contributed by atoms with Gasteiger partial charge in [0.1, 0.15) is 6.20 Å². The van der Waals surface area contributed by atoms with Gasteiger partial charge in [-0.05, 0) is 18.9 Å². The van der Waals surface area contributed by atoms with Crippen molar-refractivity contribution < 1.29 is 22.9 Å². The van der Waals surface area contributed by atoms with Gasteiger partial charge in [0.05, 0.1) is 18.7 Å². The summed E-state index contributed by atoms with van der Waals surface area (Å²) in [5.74, 6) is 0.178. The Hall–Kier alpha value is -1.79. The zero-order valence-corrected chi connectivity index (χ0v) is 10.2. The van der Waals surface area contributed by atoms with Crippen LogP contribution in [0.15, 0.2) is 18.3 Å². The number of carbonyl (C=O) groups is 1. The largest absolute Gasteiger partial charge is 0.419 e. The molecular formula is C12H15F3N3O+. The van der Waals surface area contributed by atoms with Gasteiger partial charge in [-0.25, -0.2) is 4.98 Å². The number of H-pyrrole nitrogens is 1. The van der Waals surface area contributed by atoms with Crippen LogP contribution in [0.2, 0.25) is 0 Å². The fourth-order valence-electron chi connectivity index (χ4n) is 2.19. The first-order chi connectivity index (χ1) is 8.88. The van der Waals surface area contributed by atoms with Crippen LogP contribution in [0.25, 0.3) is 0 Å². The molecule has 2 heterocycles. The molecule has 2 rings (SSSR count). The third-order valence-electron chi connectivity index (χ3n) is 3.36. The first kappa shape index (κ1) is 13.6. The molecule has 4 nitrogen and oxygen atoms in total. The van der Waals surface area contributed by atoms with Crippen molar-refractivity contribution in [2.75, 3.05) is 18.0 Å². The Balaban J connectivity index is 2.02. The number of amides is 1. The highest BCUT2D eigenvalue weighted by Crippen LogP contribution is 2.29. The van der Waals surface area contributed by atoms with E-state index in [2.05, 4.69) is 4.98 Å². The highest BCUT2D eigenvalue weighted by atomic mass is 19.4. The summed E-state index contributed by atoms with van der Waals surface area (Å²) in [4.78, 5) is 15.6. The zero-order chi connectivity index (χ0) is 14.0. The predicted octanol–water partition coefficient (Wildman–Crippen LogP) is 1.22. The molecular weight excluding hydrogens is 259 g/mol. The maximum absolute atomic E-state index is 12.4. The van der Waals surface area contributed by atoms with Gasteiger partial charge in [-0.3, -0.25) is 9.69 Å². The number of nitrogens with zero attached hydrogens (tertiary/aromatic N) is 1. The van der Waals surface area contributed by atoms with Crippen LogP contribution in [0.4, 0.5) is 19.0 Å². The van der Waals surface area contributed by atoms with E-state index in [1.165, 1.54) is 6.07 Å². The molecule has 104 valence electrons. The standard InChI is InChI=1S/C12H14F3N3O/c13-12(14,15)9-1-2-10(17-7-9)18-5-3-8(4-6-18)11(16)19/h1-2,7-8H,3-6H2,(H2,16,19)/p+1. The summed E-state index contributed by atoms with van der Waals surface area (Å²) < 4.78 is 37.3. The smallest absolute Gasteiger partial charge is 0.369 e. The van der Waals surface area contributed by atoms with E-state index in [4.69, 9.17) is 5.73 Å². The van der Waals surface area contributed by atoms with Gasteiger partial charge in [0, 0.05) is 12.0 Å². The quantitative estimate of drug-likeness (QED) is 0.881. The van der Waals surface area contributed by atoms with Crippen molar-refractivity contribution >= 4 is 11.7 Å². The van der Waals surface area contributed by atoms with Crippen molar-refractivity contribution in [2.45, 2.75) is 19.0 Å². The molecule has 0 bridgehead atoms. The maximum Gasteiger partial charge on any atom is 0.419 e. The molecule has 1 aromatic rings. The Bertz CT molecular complexity index is 450. The number of halogens is 3. The molecule has 0 saturated carbocycles. The summed E-state index contributed by atoms with van der Waals surface area (Å²) in [6.07, 6.45) is -2.13. The second-order valence-electron chi connectivity index (χ2n) is 4.62. The Morgan fingerprint density at radius 2 is 1.95 bits per heavy atom. The van der Waals surface area contributed by atoms with Gasteiger partial charge >= 0.3 is 6.18 Å². The first-order valence-electron chi connectivity index (χ1n) is 6.01. The van der Waals surface area contributed by atoms with Gasteiger partial charge in [0.2, 0.25) is 5.91 Å². The van der Waals surface area contributed by atoms with E-state index >= 15 is 0 Å². The third-order valence-corrected chi connectivity index (χ3v) is 3.36. The van der Waals surface area contributed by atoms with E-state index in [1.807, 2.05) is 4.90 Å². The number of pyridine rings is 1. The number of hydrogen-bond donors (Lipinski definition) is 1. The van der Waals surface area contributed by atoms with Gasteiger partial charge in [-0.15, -0.1) is 0 Å². The van der Waals surface area contributed by atoms with E-state index in [0.29, 0.717) is 31.7 Å². The number of aromatic amines is 1. The molecule has 0 aromatic carbocycles. The molecule has 1 saturated heterocycles. The Kier molecular flexibility index (Phi) is 3.64. The van der Waals surface area contributed by atoms with Gasteiger partial charge in [-0.2, -0.15) is 13.2 Å². The number of carbonyl (C=O) groups excluding carboxylic acids is 1. The van der Waals surface area contributed by atoms with Gasteiger partial charge in [0.25, 0.3) is 5.82 Å². The summed E-state index contributed by atoms with van der Waals surface area (Å²) in [6.45, 7) is 1.21. The minimum absolute atomic E-state index is 0.134. The number of hydrogen-bond acceptors (Lipinski definition) is 2. The second-order valence-corrected chi connectivity index (χ2v) is 4.62. The Labute approximate surface area is 108 Å². The maximum atomic E-state index is 12.4. The molecule has 0 spiro atoms. The monoisotopic (exact) mass is 274 g/mol. The van der Waals surface area contributed by atoms with E-state index in [1.54, 1.807) is 0 Å². The van der Waals surface area contributed by atoms with Crippen molar-refractivity contribution in [3.63, 3.8) is 0 Å².